The zero-order valence-electron chi connectivity index (χ0n) is 11.4. The topological polar surface area (TPSA) is 81.6 Å². The van der Waals surface area contributed by atoms with Crippen LogP contribution in [0.4, 0.5) is 5.82 Å². The zero-order chi connectivity index (χ0) is 15.0. The van der Waals surface area contributed by atoms with Crippen LogP contribution in [-0.4, -0.2) is 36.0 Å². The van der Waals surface area contributed by atoms with Gasteiger partial charge in [0.1, 0.15) is 0 Å². The Morgan fingerprint density at radius 2 is 1.57 bits per heavy atom. The monoisotopic (exact) mass is 285 g/mol. The number of amides is 2. The predicted octanol–water partition coefficient (Wildman–Crippen LogP) is 1.29. The number of carbonyl (C=O) groups is 2. The van der Waals surface area contributed by atoms with Gasteiger partial charge in [0, 0.05) is 6.07 Å². The summed E-state index contributed by atoms with van der Waals surface area (Å²) in [6, 6.07) is 8.03. The van der Waals surface area contributed by atoms with E-state index in [-0.39, 0.29) is 17.7 Å². The van der Waals surface area contributed by atoms with Gasteiger partial charge < -0.3 is 9.47 Å². The fraction of sp³-hybridized carbons (Fsp3) is 0.143. The van der Waals surface area contributed by atoms with Crippen LogP contribution in [-0.2, 0) is 0 Å². The van der Waals surface area contributed by atoms with Crippen molar-refractivity contribution < 1.29 is 19.1 Å². The Morgan fingerprint density at radius 3 is 2.10 bits per heavy atom. The smallest absolute Gasteiger partial charge is 0.321 e. The largest absolute Gasteiger partial charge is 0.481 e. The van der Waals surface area contributed by atoms with Gasteiger partial charge in [0.15, 0.2) is 5.82 Å². The molecule has 1 aromatic carbocycles. The number of fused-ring (bicyclic) bond motifs is 1. The zero-order valence-corrected chi connectivity index (χ0v) is 11.4. The number of hydrogen-bond acceptors (Lipinski definition) is 6. The average Bonchev–Trinajstić information content (AvgIpc) is 2.78. The minimum atomic E-state index is -0.432. The van der Waals surface area contributed by atoms with Crippen LogP contribution in [0.3, 0.4) is 0 Å². The lowest BCUT2D eigenvalue weighted by molar-refractivity contribution is 0.0925. The number of aromatic nitrogens is 2. The van der Waals surface area contributed by atoms with Crippen LogP contribution in [0, 0.1) is 0 Å². The molecule has 0 radical (unpaired) electrons. The molecule has 0 saturated heterocycles. The first kappa shape index (κ1) is 13.0. The molecule has 0 aliphatic carbocycles. The SMILES string of the molecule is COc1cc(N2C(=O)c3ccccc3C2=O)nc(OC)n1. The summed E-state index contributed by atoms with van der Waals surface area (Å²) in [6.45, 7) is 0. The van der Waals surface area contributed by atoms with Crippen molar-refractivity contribution in [2.75, 3.05) is 19.1 Å². The molecule has 21 heavy (non-hydrogen) atoms. The lowest BCUT2D eigenvalue weighted by Crippen LogP contribution is -2.30. The van der Waals surface area contributed by atoms with E-state index in [0.717, 1.165) is 4.90 Å². The summed E-state index contributed by atoms with van der Waals surface area (Å²) >= 11 is 0. The fourth-order valence-corrected chi connectivity index (χ4v) is 2.10. The van der Waals surface area contributed by atoms with E-state index in [0.29, 0.717) is 11.1 Å². The number of carbonyl (C=O) groups excluding carboxylic acids is 2. The minimum absolute atomic E-state index is 0.0147. The van der Waals surface area contributed by atoms with Gasteiger partial charge in [0.05, 0.1) is 25.3 Å². The maximum Gasteiger partial charge on any atom is 0.321 e. The standard InChI is InChI=1S/C14H11N3O4/c1-20-11-7-10(15-14(16-11)21-2)17-12(18)8-5-3-4-6-9(8)13(17)19/h3-7H,1-2H3. The van der Waals surface area contributed by atoms with Crippen LogP contribution in [0.15, 0.2) is 30.3 Å². The first-order valence-electron chi connectivity index (χ1n) is 6.10. The van der Waals surface area contributed by atoms with E-state index in [1.54, 1.807) is 24.3 Å². The van der Waals surface area contributed by atoms with E-state index < -0.39 is 11.8 Å². The van der Waals surface area contributed by atoms with Gasteiger partial charge in [-0.3, -0.25) is 9.59 Å². The Kier molecular flexibility index (Phi) is 3.02. The van der Waals surface area contributed by atoms with E-state index in [1.807, 2.05) is 0 Å². The highest BCUT2D eigenvalue weighted by Crippen LogP contribution is 2.29. The number of methoxy groups -OCH3 is 2. The van der Waals surface area contributed by atoms with Crippen molar-refractivity contribution in [3.63, 3.8) is 0 Å². The molecule has 2 amide bonds. The summed E-state index contributed by atoms with van der Waals surface area (Å²) in [5, 5.41) is 0. The van der Waals surface area contributed by atoms with Gasteiger partial charge in [-0.25, -0.2) is 4.90 Å². The quantitative estimate of drug-likeness (QED) is 0.790. The molecule has 7 heteroatoms. The van der Waals surface area contributed by atoms with E-state index in [2.05, 4.69) is 9.97 Å². The van der Waals surface area contributed by atoms with Crippen molar-refractivity contribution in [2.24, 2.45) is 0 Å². The van der Waals surface area contributed by atoms with Crippen LogP contribution < -0.4 is 14.4 Å². The molecule has 0 atom stereocenters. The van der Waals surface area contributed by atoms with Crippen molar-refractivity contribution >= 4 is 17.6 Å². The van der Waals surface area contributed by atoms with Crippen LogP contribution >= 0.6 is 0 Å². The number of rotatable bonds is 3. The molecule has 0 saturated carbocycles. The molecule has 1 aromatic heterocycles. The van der Waals surface area contributed by atoms with Crippen molar-refractivity contribution in [1.82, 2.24) is 9.97 Å². The highest BCUT2D eigenvalue weighted by Gasteiger charge is 2.37. The molecule has 0 bridgehead atoms. The number of ether oxygens (including phenoxy) is 2. The number of hydrogen-bond donors (Lipinski definition) is 0. The lowest BCUT2D eigenvalue weighted by Gasteiger charge is -2.14. The number of nitrogens with zero attached hydrogens (tertiary/aromatic N) is 3. The molecular formula is C14H11N3O4. The number of imide groups is 1. The molecule has 2 aromatic rings. The minimum Gasteiger partial charge on any atom is -0.481 e. The summed E-state index contributed by atoms with van der Waals surface area (Å²) in [4.78, 5) is 33.7. The van der Waals surface area contributed by atoms with E-state index >= 15 is 0 Å². The van der Waals surface area contributed by atoms with Gasteiger partial charge in [-0.05, 0) is 12.1 Å². The Bertz CT molecular complexity index is 687. The molecular weight excluding hydrogens is 274 g/mol. The fourth-order valence-electron chi connectivity index (χ4n) is 2.10. The maximum atomic E-state index is 12.4. The summed E-state index contributed by atoms with van der Waals surface area (Å²) in [6.07, 6.45) is 0. The first-order chi connectivity index (χ1) is 10.2. The highest BCUT2D eigenvalue weighted by molar-refractivity contribution is 6.34. The second-order valence-corrected chi connectivity index (χ2v) is 4.25. The first-order valence-corrected chi connectivity index (χ1v) is 6.10. The summed E-state index contributed by atoms with van der Waals surface area (Å²) in [7, 11) is 2.81. The van der Waals surface area contributed by atoms with Gasteiger partial charge in [0.2, 0.25) is 5.88 Å². The average molecular weight is 285 g/mol. The third kappa shape index (κ3) is 1.99. The van der Waals surface area contributed by atoms with E-state index in [9.17, 15) is 9.59 Å². The molecule has 0 N–H and O–H groups in total. The molecule has 1 aliphatic heterocycles. The Labute approximate surface area is 120 Å². The molecule has 106 valence electrons. The van der Waals surface area contributed by atoms with Crippen LogP contribution in [0.5, 0.6) is 11.9 Å². The Morgan fingerprint density at radius 1 is 0.952 bits per heavy atom. The van der Waals surface area contributed by atoms with Crippen molar-refractivity contribution in [3.05, 3.63) is 41.5 Å². The predicted molar refractivity (Wildman–Crippen MR) is 72.7 cm³/mol. The summed E-state index contributed by atoms with van der Waals surface area (Å²) in [5.41, 5.74) is 0.693. The molecule has 2 heterocycles. The van der Waals surface area contributed by atoms with E-state index in [4.69, 9.17) is 9.47 Å². The third-order valence-corrected chi connectivity index (χ3v) is 3.08. The van der Waals surface area contributed by atoms with Crippen LogP contribution in [0.25, 0.3) is 0 Å². The van der Waals surface area contributed by atoms with Crippen LogP contribution in [0.2, 0.25) is 0 Å². The Balaban J connectivity index is 2.10. The molecule has 0 fully saturated rings. The van der Waals surface area contributed by atoms with Crippen LogP contribution in [0.1, 0.15) is 20.7 Å². The maximum absolute atomic E-state index is 12.4. The van der Waals surface area contributed by atoms with Gasteiger partial charge in [-0.15, -0.1) is 0 Å². The van der Waals surface area contributed by atoms with Crippen molar-refractivity contribution in [1.29, 1.82) is 0 Å². The van der Waals surface area contributed by atoms with E-state index in [1.165, 1.54) is 20.3 Å². The summed E-state index contributed by atoms with van der Waals surface area (Å²) in [5.74, 6) is -0.546. The summed E-state index contributed by atoms with van der Waals surface area (Å²) < 4.78 is 9.98. The highest BCUT2D eigenvalue weighted by atomic mass is 16.5. The second-order valence-electron chi connectivity index (χ2n) is 4.25. The normalized spacial score (nSPS) is 13.3. The van der Waals surface area contributed by atoms with Crippen molar-refractivity contribution in [2.45, 2.75) is 0 Å². The van der Waals surface area contributed by atoms with Gasteiger partial charge in [0.25, 0.3) is 11.8 Å². The molecule has 1 aliphatic rings. The number of benzene rings is 1. The second kappa shape index (κ2) is 4.86. The van der Waals surface area contributed by atoms with Gasteiger partial charge >= 0.3 is 6.01 Å². The van der Waals surface area contributed by atoms with Gasteiger partial charge in [-0.1, -0.05) is 12.1 Å². The molecule has 0 spiro atoms. The lowest BCUT2D eigenvalue weighted by atomic mass is 10.1. The molecule has 3 rings (SSSR count). The van der Waals surface area contributed by atoms with Crippen molar-refractivity contribution in [3.8, 4) is 11.9 Å². The Hall–Kier alpha value is -2.96. The number of anilines is 1. The third-order valence-electron chi connectivity index (χ3n) is 3.08. The molecule has 0 unspecified atom stereocenters. The van der Waals surface area contributed by atoms with Gasteiger partial charge in [-0.2, -0.15) is 9.97 Å². The molecule has 7 nitrogen and oxygen atoms in total.